The molecule has 2 aromatic heterocycles. The van der Waals surface area contributed by atoms with E-state index in [1.165, 1.54) is 33.6 Å². The minimum Gasteiger partial charge on any atom is -0.355 e. The molecular formula is C26H31N4O2S2+. The summed E-state index contributed by atoms with van der Waals surface area (Å²) in [6.45, 7) is 8.36. The van der Waals surface area contributed by atoms with Crippen molar-refractivity contribution in [3.05, 3.63) is 70.5 Å². The largest absolute Gasteiger partial charge is 0.355 e. The lowest BCUT2D eigenvalue weighted by Crippen LogP contribution is -3.11. The molecule has 0 aliphatic heterocycles. The first-order valence-corrected chi connectivity index (χ1v) is 13.6. The first kappa shape index (κ1) is 24.4. The lowest BCUT2D eigenvalue weighted by molar-refractivity contribution is -0.897. The molecule has 0 spiro atoms. The van der Waals surface area contributed by atoms with Gasteiger partial charge in [0.1, 0.15) is 4.70 Å². The number of thioether (sulfide) groups is 1. The number of carbonyl (C=O) groups excluding carboxylic acids is 1. The van der Waals surface area contributed by atoms with Gasteiger partial charge in [0, 0.05) is 16.6 Å². The summed E-state index contributed by atoms with van der Waals surface area (Å²) >= 11 is 2.84. The minimum atomic E-state index is -0.0497. The molecule has 2 heterocycles. The third-order valence-electron chi connectivity index (χ3n) is 6.05. The van der Waals surface area contributed by atoms with Crippen LogP contribution < -0.4 is 15.8 Å². The molecule has 0 aliphatic rings. The van der Waals surface area contributed by atoms with Gasteiger partial charge >= 0.3 is 0 Å². The lowest BCUT2D eigenvalue weighted by Gasteiger charge is -2.17. The highest BCUT2D eigenvalue weighted by Gasteiger charge is 2.18. The SMILES string of the molecule is CC[NH+](CC)CCn1c(SCC(=O)NCCc2ccccc2)nc2c(sc3ccccc32)c1=O. The molecule has 0 fully saturated rings. The second kappa shape index (κ2) is 11.6. The number of hydrogen-bond donors (Lipinski definition) is 2. The zero-order valence-electron chi connectivity index (χ0n) is 19.7. The van der Waals surface area contributed by atoms with Gasteiger partial charge < -0.3 is 10.2 Å². The minimum absolute atomic E-state index is 0.00950. The van der Waals surface area contributed by atoms with E-state index in [0.717, 1.165) is 41.7 Å². The smallest absolute Gasteiger partial charge is 0.272 e. The van der Waals surface area contributed by atoms with E-state index in [-0.39, 0.29) is 17.2 Å². The van der Waals surface area contributed by atoms with Crippen molar-refractivity contribution in [3.8, 4) is 0 Å². The monoisotopic (exact) mass is 495 g/mol. The number of rotatable bonds is 11. The zero-order valence-corrected chi connectivity index (χ0v) is 21.3. The van der Waals surface area contributed by atoms with Gasteiger partial charge in [-0.2, -0.15) is 0 Å². The number of aromatic nitrogens is 2. The fraction of sp³-hybridized carbons (Fsp3) is 0.346. The average Bonchev–Trinajstić information content (AvgIpc) is 3.24. The Bertz CT molecular complexity index is 1310. The van der Waals surface area contributed by atoms with Gasteiger partial charge in [0.15, 0.2) is 5.16 Å². The summed E-state index contributed by atoms with van der Waals surface area (Å²) in [6.07, 6.45) is 0.791. The van der Waals surface area contributed by atoms with Crippen LogP contribution in [-0.4, -0.2) is 47.4 Å². The number of nitrogens with zero attached hydrogens (tertiary/aromatic N) is 2. The highest BCUT2D eigenvalue weighted by Crippen LogP contribution is 2.31. The Morgan fingerprint density at radius 2 is 1.82 bits per heavy atom. The van der Waals surface area contributed by atoms with Crippen molar-refractivity contribution < 1.29 is 9.69 Å². The van der Waals surface area contributed by atoms with E-state index in [0.29, 0.717) is 22.9 Å². The van der Waals surface area contributed by atoms with Gasteiger partial charge in [-0.05, 0) is 31.9 Å². The molecule has 4 aromatic rings. The van der Waals surface area contributed by atoms with Gasteiger partial charge in [-0.15, -0.1) is 11.3 Å². The molecular weight excluding hydrogens is 464 g/mol. The van der Waals surface area contributed by atoms with Crippen LogP contribution in [0.5, 0.6) is 0 Å². The fourth-order valence-corrected chi connectivity index (χ4v) is 5.95. The van der Waals surface area contributed by atoms with Crippen LogP contribution in [0.4, 0.5) is 0 Å². The van der Waals surface area contributed by atoms with E-state index < -0.39 is 0 Å². The summed E-state index contributed by atoms with van der Waals surface area (Å²) in [7, 11) is 0. The third kappa shape index (κ3) is 5.68. The van der Waals surface area contributed by atoms with E-state index in [1.807, 2.05) is 42.5 Å². The van der Waals surface area contributed by atoms with E-state index in [9.17, 15) is 9.59 Å². The quantitative estimate of drug-likeness (QED) is 0.248. The van der Waals surface area contributed by atoms with Crippen molar-refractivity contribution in [1.29, 1.82) is 0 Å². The summed E-state index contributed by atoms with van der Waals surface area (Å²) in [4.78, 5) is 32.4. The number of carbonyl (C=O) groups is 1. The van der Waals surface area contributed by atoms with Gasteiger partial charge in [-0.1, -0.05) is 60.3 Å². The second-order valence-electron chi connectivity index (χ2n) is 8.21. The maximum Gasteiger partial charge on any atom is 0.272 e. The molecule has 1 amide bonds. The van der Waals surface area contributed by atoms with Gasteiger partial charge in [0.25, 0.3) is 5.56 Å². The van der Waals surface area contributed by atoms with Crippen LogP contribution in [0, 0.1) is 0 Å². The maximum absolute atomic E-state index is 13.5. The molecule has 4 rings (SSSR count). The molecule has 2 aromatic carbocycles. The maximum atomic E-state index is 13.5. The van der Waals surface area contributed by atoms with Gasteiger partial charge in [-0.3, -0.25) is 14.2 Å². The molecule has 2 N–H and O–H groups in total. The Morgan fingerprint density at radius 3 is 2.59 bits per heavy atom. The molecule has 0 saturated heterocycles. The number of hydrogen-bond acceptors (Lipinski definition) is 5. The van der Waals surface area contributed by atoms with Crippen LogP contribution in [0.1, 0.15) is 19.4 Å². The Balaban J connectivity index is 1.53. The van der Waals surface area contributed by atoms with Crippen molar-refractivity contribution >= 4 is 49.3 Å². The number of benzene rings is 2. The summed E-state index contributed by atoms with van der Waals surface area (Å²) in [5, 5.41) is 4.60. The first-order chi connectivity index (χ1) is 16.6. The number of fused-ring (bicyclic) bond motifs is 3. The molecule has 0 saturated carbocycles. The van der Waals surface area contributed by atoms with Crippen molar-refractivity contribution in [3.63, 3.8) is 0 Å². The van der Waals surface area contributed by atoms with E-state index >= 15 is 0 Å². The highest BCUT2D eigenvalue weighted by atomic mass is 32.2. The fourth-order valence-electron chi connectivity index (χ4n) is 4.01. The number of likely N-dealkylation sites (N-methyl/N-ethyl adjacent to an activating group) is 1. The van der Waals surface area contributed by atoms with Crippen LogP contribution in [0.15, 0.2) is 64.5 Å². The van der Waals surface area contributed by atoms with Gasteiger partial charge in [0.2, 0.25) is 5.91 Å². The Hall–Kier alpha value is -2.68. The van der Waals surface area contributed by atoms with Crippen LogP contribution in [0.25, 0.3) is 20.3 Å². The predicted molar refractivity (Wildman–Crippen MR) is 142 cm³/mol. The van der Waals surface area contributed by atoms with E-state index in [2.05, 4.69) is 31.3 Å². The first-order valence-electron chi connectivity index (χ1n) is 11.8. The van der Waals surface area contributed by atoms with E-state index in [4.69, 9.17) is 4.98 Å². The van der Waals surface area contributed by atoms with Gasteiger partial charge in [0.05, 0.1) is 37.4 Å². The normalized spacial score (nSPS) is 11.5. The third-order valence-corrected chi connectivity index (χ3v) is 8.17. The molecule has 8 heteroatoms. The number of quaternary nitrogens is 1. The van der Waals surface area contributed by atoms with Crippen molar-refractivity contribution in [2.24, 2.45) is 0 Å². The average molecular weight is 496 g/mol. The van der Waals surface area contributed by atoms with E-state index in [1.54, 1.807) is 4.57 Å². The van der Waals surface area contributed by atoms with Crippen LogP contribution >= 0.6 is 23.1 Å². The second-order valence-corrected chi connectivity index (χ2v) is 10.2. The molecule has 0 unspecified atom stereocenters. The number of thiophene rings is 1. The topological polar surface area (TPSA) is 68.4 Å². The Labute approximate surface area is 208 Å². The standard InChI is InChI=1S/C26H30N4O2S2/c1-3-29(4-2)16-17-30-25(32)24-23(20-12-8-9-13-21(20)34-24)28-26(30)33-18-22(31)27-15-14-19-10-6-5-7-11-19/h5-13H,3-4,14-18H2,1-2H3,(H,27,31)/p+1. The van der Waals surface area contributed by atoms with Crippen LogP contribution in [-0.2, 0) is 17.8 Å². The Kier molecular flexibility index (Phi) is 8.37. The molecule has 178 valence electrons. The zero-order chi connectivity index (χ0) is 23.9. The predicted octanol–water partition coefficient (Wildman–Crippen LogP) is 2.99. The summed E-state index contributed by atoms with van der Waals surface area (Å²) in [5.74, 6) is 0.179. The summed E-state index contributed by atoms with van der Waals surface area (Å²) in [6, 6.07) is 18.1. The number of amides is 1. The Morgan fingerprint density at radius 1 is 1.09 bits per heavy atom. The van der Waals surface area contributed by atoms with Crippen molar-refractivity contribution in [1.82, 2.24) is 14.9 Å². The molecule has 0 radical (unpaired) electrons. The van der Waals surface area contributed by atoms with Crippen LogP contribution in [0.2, 0.25) is 0 Å². The lowest BCUT2D eigenvalue weighted by atomic mass is 10.1. The highest BCUT2D eigenvalue weighted by molar-refractivity contribution is 7.99. The number of nitrogens with one attached hydrogen (secondary N) is 2. The van der Waals surface area contributed by atoms with Gasteiger partial charge in [-0.25, -0.2) is 4.98 Å². The van der Waals surface area contributed by atoms with Crippen molar-refractivity contribution in [2.45, 2.75) is 32.0 Å². The summed E-state index contributed by atoms with van der Waals surface area (Å²) in [5.41, 5.74) is 1.92. The van der Waals surface area contributed by atoms with Crippen molar-refractivity contribution in [2.75, 3.05) is 31.9 Å². The molecule has 6 nitrogen and oxygen atoms in total. The molecule has 0 aliphatic carbocycles. The molecule has 0 atom stereocenters. The summed E-state index contributed by atoms with van der Waals surface area (Å²) < 4.78 is 3.52. The van der Waals surface area contributed by atoms with Crippen LogP contribution in [0.3, 0.4) is 0 Å². The molecule has 34 heavy (non-hydrogen) atoms. The molecule has 0 bridgehead atoms.